The van der Waals surface area contributed by atoms with E-state index in [9.17, 15) is 9.59 Å². The van der Waals surface area contributed by atoms with Crippen LogP contribution < -0.4 is 5.32 Å². The van der Waals surface area contributed by atoms with Gasteiger partial charge in [-0.25, -0.2) is 4.79 Å². The summed E-state index contributed by atoms with van der Waals surface area (Å²) in [7, 11) is 0. The van der Waals surface area contributed by atoms with Gasteiger partial charge in [0.25, 0.3) is 0 Å². The van der Waals surface area contributed by atoms with Gasteiger partial charge in [0.1, 0.15) is 0 Å². The van der Waals surface area contributed by atoms with E-state index in [0.29, 0.717) is 24.4 Å². The Morgan fingerprint density at radius 2 is 1.65 bits per heavy atom. The Morgan fingerprint density at radius 3 is 2.24 bits per heavy atom. The molecule has 0 aromatic carbocycles. The molecular formula is C13H22N2O2. The third-order valence-electron chi connectivity index (χ3n) is 4.00. The van der Waals surface area contributed by atoms with Gasteiger partial charge in [0.2, 0.25) is 5.91 Å². The molecule has 0 radical (unpaired) electrons. The van der Waals surface area contributed by atoms with Crippen molar-refractivity contribution in [1.29, 1.82) is 0 Å². The van der Waals surface area contributed by atoms with Crippen LogP contribution in [0.2, 0.25) is 0 Å². The number of carbonyl (C=O) groups excluding carboxylic acids is 2. The van der Waals surface area contributed by atoms with Gasteiger partial charge in [-0.15, -0.1) is 0 Å². The highest BCUT2D eigenvalue weighted by Gasteiger charge is 2.36. The van der Waals surface area contributed by atoms with Crippen LogP contribution in [0.1, 0.15) is 40.0 Å². The minimum absolute atomic E-state index is 0.0831. The minimum atomic E-state index is -0.195. The zero-order valence-electron chi connectivity index (χ0n) is 10.9. The van der Waals surface area contributed by atoms with Crippen molar-refractivity contribution in [2.24, 2.45) is 17.8 Å². The monoisotopic (exact) mass is 238 g/mol. The molecule has 2 aliphatic rings. The van der Waals surface area contributed by atoms with Crippen molar-refractivity contribution < 1.29 is 9.59 Å². The van der Waals surface area contributed by atoms with E-state index in [4.69, 9.17) is 0 Å². The van der Waals surface area contributed by atoms with E-state index in [0.717, 1.165) is 12.8 Å². The maximum Gasteiger partial charge on any atom is 0.324 e. The Balaban J connectivity index is 2.05. The maximum atomic E-state index is 11.9. The van der Waals surface area contributed by atoms with Crippen LogP contribution in [0.25, 0.3) is 0 Å². The summed E-state index contributed by atoms with van der Waals surface area (Å²) in [4.78, 5) is 25.1. The second-order valence-corrected chi connectivity index (χ2v) is 5.92. The number of carbonyl (C=O) groups is 2. The lowest BCUT2D eigenvalue weighted by atomic mass is 9.79. The number of hydrogen-bond acceptors (Lipinski definition) is 2. The van der Waals surface area contributed by atoms with Crippen molar-refractivity contribution in [3.05, 3.63) is 0 Å². The molecule has 0 aromatic rings. The van der Waals surface area contributed by atoms with Gasteiger partial charge in [-0.3, -0.25) is 10.1 Å². The predicted octanol–water partition coefficient (Wildman–Crippen LogP) is 2.00. The van der Waals surface area contributed by atoms with Crippen LogP contribution in [0, 0.1) is 17.8 Å². The predicted molar refractivity (Wildman–Crippen MR) is 65.4 cm³/mol. The van der Waals surface area contributed by atoms with Gasteiger partial charge in [0.15, 0.2) is 0 Å². The van der Waals surface area contributed by atoms with Crippen molar-refractivity contribution in [2.75, 3.05) is 6.54 Å². The normalized spacial score (nSPS) is 39.1. The Labute approximate surface area is 103 Å². The fraction of sp³-hybridized carbons (Fsp3) is 0.846. The molecule has 1 N–H and O–H groups in total. The van der Waals surface area contributed by atoms with Gasteiger partial charge in [0, 0.05) is 12.6 Å². The molecule has 4 heteroatoms. The van der Waals surface area contributed by atoms with Crippen molar-refractivity contribution >= 4 is 11.9 Å². The van der Waals surface area contributed by atoms with Crippen molar-refractivity contribution in [2.45, 2.75) is 46.1 Å². The molecule has 17 heavy (non-hydrogen) atoms. The molecule has 1 heterocycles. The van der Waals surface area contributed by atoms with Gasteiger partial charge in [-0.2, -0.15) is 0 Å². The van der Waals surface area contributed by atoms with Crippen molar-refractivity contribution in [1.82, 2.24) is 10.2 Å². The molecule has 96 valence electrons. The molecule has 2 fully saturated rings. The van der Waals surface area contributed by atoms with E-state index in [1.807, 2.05) is 11.8 Å². The van der Waals surface area contributed by atoms with E-state index in [1.165, 1.54) is 6.42 Å². The second kappa shape index (κ2) is 4.67. The molecule has 1 aliphatic heterocycles. The van der Waals surface area contributed by atoms with Crippen LogP contribution in [-0.2, 0) is 4.79 Å². The third-order valence-corrected chi connectivity index (χ3v) is 4.00. The molecule has 0 bridgehead atoms. The SMILES string of the molecule is CC1CC(C)CC(N2CC(C)C(=O)NC2=O)C1. The van der Waals surface area contributed by atoms with E-state index in [-0.39, 0.29) is 17.9 Å². The van der Waals surface area contributed by atoms with Crippen LogP contribution in [0.5, 0.6) is 0 Å². The summed E-state index contributed by atoms with van der Waals surface area (Å²) >= 11 is 0. The van der Waals surface area contributed by atoms with Crippen molar-refractivity contribution in [3.63, 3.8) is 0 Å². The molecular weight excluding hydrogens is 216 g/mol. The molecule has 0 aromatic heterocycles. The number of rotatable bonds is 1. The molecule has 4 nitrogen and oxygen atoms in total. The number of hydrogen-bond donors (Lipinski definition) is 1. The van der Waals surface area contributed by atoms with E-state index < -0.39 is 0 Å². The van der Waals surface area contributed by atoms with Crippen LogP contribution >= 0.6 is 0 Å². The summed E-state index contributed by atoms with van der Waals surface area (Å²) in [5.41, 5.74) is 0. The van der Waals surface area contributed by atoms with Gasteiger partial charge in [-0.1, -0.05) is 20.8 Å². The first-order valence-corrected chi connectivity index (χ1v) is 6.58. The highest BCUT2D eigenvalue weighted by molar-refractivity contribution is 5.97. The Bertz CT molecular complexity index is 319. The summed E-state index contributed by atoms with van der Waals surface area (Å²) in [6.07, 6.45) is 3.39. The number of nitrogens with zero attached hydrogens (tertiary/aromatic N) is 1. The van der Waals surface area contributed by atoms with Crippen molar-refractivity contribution in [3.8, 4) is 0 Å². The fourth-order valence-corrected chi connectivity index (χ4v) is 3.24. The quantitative estimate of drug-likeness (QED) is 0.759. The second-order valence-electron chi connectivity index (χ2n) is 5.92. The average molecular weight is 238 g/mol. The fourth-order valence-electron chi connectivity index (χ4n) is 3.24. The first-order valence-electron chi connectivity index (χ1n) is 6.58. The van der Waals surface area contributed by atoms with Crippen LogP contribution in [0.4, 0.5) is 4.79 Å². The zero-order chi connectivity index (χ0) is 12.6. The highest BCUT2D eigenvalue weighted by Crippen LogP contribution is 2.32. The number of nitrogens with one attached hydrogen (secondary N) is 1. The maximum absolute atomic E-state index is 11.9. The van der Waals surface area contributed by atoms with Gasteiger partial charge >= 0.3 is 6.03 Å². The zero-order valence-corrected chi connectivity index (χ0v) is 10.9. The first-order chi connectivity index (χ1) is 7.97. The third kappa shape index (κ3) is 2.61. The standard InChI is InChI=1S/C13H22N2O2/c1-8-4-9(2)6-11(5-8)15-7-10(3)12(16)14-13(15)17/h8-11H,4-7H2,1-3H3,(H,14,16,17). The van der Waals surface area contributed by atoms with Crippen LogP contribution in [0.15, 0.2) is 0 Å². The highest BCUT2D eigenvalue weighted by atomic mass is 16.2. The Morgan fingerprint density at radius 1 is 1.06 bits per heavy atom. The summed E-state index contributed by atoms with van der Waals surface area (Å²) in [6, 6.07) is 0.115. The molecule has 3 unspecified atom stereocenters. The number of urea groups is 1. The van der Waals surface area contributed by atoms with Crippen LogP contribution in [0.3, 0.4) is 0 Å². The first kappa shape index (κ1) is 12.4. The molecule has 3 amide bonds. The summed E-state index contributed by atoms with van der Waals surface area (Å²) in [5, 5.41) is 2.45. The van der Waals surface area contributed by atoms with Gasteiger partial charge in [0.05, 0.1) is 5.92 Å². The molecule has 2 rings (SSSR count). The van der Waals surface area contributed by atoms with Gasteiger partial charge < -0.3 is 4.90 Å². The summed E-state index contributed by atoms with van der Waals surface area (Å²) in [6.45, 7) is 6.96. The topological polar surface area (TPSA) is 49.4 Å². The minimum Gasteiger partial charge on any atom is -0.321 e. The lowest BCUT2D eigenvalue weighted by molar-refractivity contribution is -0.125. The lowest BCUT2D eigenvalue weighted by Crippen LogP contribution is -2.58. The number of imide groups is 1. The average Bonchev–Trinajstić information content (AvgIpc) is 2.22. The molecule has 3 atom stereocenters. The Hall–Kier alpha value is -1.06. The molecule has 1 saturated carbocycles. The largest absolute Gasteiger partial charge is 0.324 e. The summed E-state index contributed by atoms with van der Waals surface area (Å²) < 4.78 is 0. The smallest absolute Gasteiger partial charge is 0.321 e. The Kier molecular flexibility index (Phi) is 3.40. The van der Waals surface area contributed by atoms with Gasteiger partial charge in [-0.05, 0) is 31.1 Å². The number of amides is 3. The lowest BCUT2D eigenvalue weighted by Gasteiger charge is -2.41. The van der Waals surface area contributed by atoms with Crippen LogP contribution in [-0.4, -0.2) is 29.4 Å². The molecule has 0 spiro atoms. The van der Waals surface area contributed by atoms with E-state index in [2.05, 4.69) is 19.2 Å². The molecule has 1 saturated heterocycles. The van der Waals surface area contributed by atoms with E-state index >= 15 is 0 Å². The summed E-state index contributed by atoms with van der Waals surface area (Å²) in [5.74, 6) is 1.12. The van der Waals surface area contributed by atoms with E-state index in [1.54, 1.807) is 0 Å². The molecule has 1 aliphatic carbocycles.